The zero-order chi connectivity index (χ0) is 19.8. The maximum atomic E-state index is 9.76. The molecular weight excluding hydrogens is 356 g/mol. The molecule has 5 aromatic rings. The predicted molar refractivity (Wildman–Crippen MR) is 121 cm³/mol. The van der Waals surface area contributed by atoms with Crippen LogP contribution in [0.1, 0.15) is 0 Å². The smallest absolute Gasteiger partial charge is 0.118 e. The highest BCUT2D eigenvalue weighted by atomic mass is 16.5. The van der Waals surface area contributed by atoms with Gasteiger partial charge in [-0.25, -0.2) is 0 Å². The summed E-state index contributed by atoms with van der Waals surface area (Å²) in [5.41, 5.74) is 4.67. The van der Waals surface area contributed by atoms with Crippen LogP contribution in [-0.4, -0.2) is 12.2 Å². The third kappa shape index (κ3) is 2.90. The van der Waals surface area contributed by atoms with E-state index in [0.29, 0.717) is 0 Å². The highest BCUT2D eigenvalue weighted by Crippen LogP contribution is 2.43. The largest absolute Gasteiger partial charge is 0.508 e. The van der Waals surface area contributed by atoms with Crippen LogP contribution >= 0.6 is 0 Å². The van der Waals surface area contributed by atoms with Gasteiger partial charge in [-0.05, 0) is 68.1 Å². The van der Waals surface area contributed by atoms with E-state index in [2.05, 4.69) is 60.7 Å². The Labute approximate surface area is 169 Å². The van der Waals surface area contributed by atoms with Crippen LogP contribution in [0.3, 0.4) is 0 Å². The molecule has 0 unspecified atom stereocenters. The van der Waals surface area contributed by atoms with Crippen LogP contribution in [-0.2, 0) is 0 Å². The lowest BCUT2D eigenvalue weighted by atomic mass is 9.86. The topological polar surface area (TPSA) is 29.5 Å². The molecule has 0 heterocycles. The number of phenols is 1. The van der Waals surface area contributed by atoms with E-state index in [1.54, 1.807) is 19.2 Å². The summed E-state index contributed by atoms with van der Waals surface area (Å²) < 4.78 is 5.35. The van der Waals surface area contributed by atoms with E-state index in [1.807, 2.05) is 24.3 Å². The minimum absolute atomic E-state index is 0.275. The Morgan fingerprint density at radius 3 is 1.28 bits per heavy atom. The van der Waals surface area contributed by atoms with Gasteiger partial charge in [0.15, 0.2) is 0 Å². The molecule has 0 amide bonds. The lowest BCUT2D eigenvalue weighted by Gasteiger charge is -2.17. The van der Waals surface area contributed by atoms with Crippen molar-refractivity contribution in [1.82, 2.24) is 0 Å². The van der Waals surface area contributed by atoms with Gasteiger partial charge in [0.05, 0.1) is 7.11 Å². The van der Waals surface area contributed by atoms with Gasteiger partial charge in [0.1, 0.15) is 11.5 Å². The molecule has 5 aromatic carbocycles. The zero-order valence-electron chi connectivity index (χ0n) is 16.1. The summed E-state index contributed by atoms with van der Waals surface area (Å²) in [5, 5.41) is 14.6. The number of phenolic OH excluding ortho intramolecular Hbond substituents is 1. The van der Waals surface area contributed by atoms with Crippen molar-refractivity contribution in [2.24, 2.45) is 0 Å². The van der Waals surface area contributed by atoms with Crippen molar-refractivity contribution in [1.29, 1.82) is 0 Å². The minimum atomic E-state index is 0.275. The lowest BCUT2D eigenvalue weighted by molar-refractivity contribution is 0.415. The fraction of sp³-hybridized carbons (Fsp3) is 0.0370. The molecule has 2 nitrogen and oxygen atoms in total. The van der Waals surface area contributed by atoms with Crippen molar-refractivity contribution in [2.75, 3.05) is 7.11 Å². The molecule has 0 saturated carbocycles. The molecule has 0 spiro atoms. The average molecular weight is 376 g/mol. The highest BCUT2D eigenvalue weighted by Gasteiger charge is 2.16. The fourth-order valence-electron chi connectivity index (χ4n) is 4.14. The Kier molecular flexibility index (Phi) is 4.18. The van der Waals surface area contributed by atoms with E-state index in [-0.39, 0.29) is 5.75 Å². The number of methoxy groups -OCH3 is 1. The van der Waals surface area contributed by atoms with Crippen molar-refractivity contribution in [3.8, 4) is 33.8 Å². The Morgan fingerprint density at radius 1 is 0.517 bits per heavy atom. The van der Waals surface area contributed by atoms with E-state index < -0.39 is 0 Å². The third-order valence-electron chi connectivity index (χ3n) is 5.47. The summed E-state index contributed by atoms with van der Waals surface area (Å²) in [6, 6.07) is 32.8. The van der Waals surface area contributed by atoms with Crippen LogP contribution in [0.2, 0.25) is 0 Å². The van der Waals surface area contributed by atoms with E-state index in [4.69, 9.17) is 4.74 Å². The maximum absolute atomic E-state index is 9.76. The molecule has 5 rings (SSSR count). The molecule has 1 N–H and O–H groups in total. The van der Waals surface area contributed by atoms with E-state index in [0.717, 1.165) is 16.9 Å². The molecular formula is C27H20O2. The Bertz CT molecular complexity index is 1260. The summed E-state index contributed by atoms with van der Waals surface area (Å²) in [6.07, 6.45) is 0. The number of benzene rings is 5. The minimum Gasteiger partial charge on any atom is -0.508 e. The molecule has 29 heavy (non-hydrogen) atoms. The molecule has 0 saturated heterocycles. The first-order chi connectivity index (χ1) is 14.3. The molecule has 140 valence electrons. The number of aromatic hydroxyl groups is 1. The lowest BCUT2D eigenvalue weighted by Crippen LogP contribution is -1.91. The Balaban J connectivity index is 1.92. The first-order valence-electron chi connectivity index (χ1n) is 9.63. The molecule has 0 aromatic heterocycles. The van der Waals surface area contributed by atoms with Crippen molar-refractivity contribution in [2.45, 2.75) is 0 Å². The van der Waals surface area contributed by atoms with Crippen LogP contribution < -0.4 is 4.74 Å². The summed E-state index contributed by atoms with van der Waals surface area (Å²) in [6.45, 7) is 0. The van der Waals surface area contributed by atoms with E-state index in [9.17, 15) is 5.11 Å². The maximum Gasteiger partial charge on any atom is 0.118 e. The SMILES string of the molecule is COc1ccc(-c2c3ccccc3c(-c3ccc(O)cc3)c3ccccc23)cc1. The van der Waals surface area contributed by atoms with Gasteiger partial charge in [-0.3, -0.25) is 0 Å². The van der Waals surface area contributed by atoms with Crippen LogP contribution in [0.15, 0.2) is 97.1 Å². The van der Waals surface area contributed by atoms with Crippen LogP contribution in [0, 0.1) is 0 Å². The molecule has 0 bridgehead atoms. The van der Waals surface area contributed by atoms with Crippen molar-refractivity contribution in [3.05, 3.63) is 97.1 Å². The van der Waals surface area contributed by atoms with Gasteiger partial charge in [0, 0.05) is 0 Å². The third-order valence-corrected chi connectivity index (χ3v) is 5.47. The van der Waals surface area contributed by atoms with Crippen LogP contribution in [0.25, 0.3) is 43.8 Å². The summed E-state index contributed by atoms with van der Waals surface area (Å²) >= 11 is 0. The number of rotatable bonds is 3. The monoisotopic (exact) mass is 376 g/mol. The Hall–Kier alpha value is -3.78. The van der Waals surface area contributed by atoms with Gasteiger partial charge in [-0.2, -0.15) is 0 Å². The van der Waals surface area contributed by atoms with E-state index in [1.165, 1.54) is 32.7 Å². The molecule has 2 heteroatoms. The van der Waals surface area contributed by atoms with Crippen molar-refractivity contribution in [3.63, 3.8) is 0 Å². The van der Waals surface area contributed by atoms with Gasteiger partial charge in [-0.15, -0.1) is 0 Å². The molecule has 0 aliphatic carbocycles. The van der Waals surface area contributed by atoms with Gasteiger partial charge in [0.25, 0.3) is 0 Å². The standard InChI is InChI=1S/C27H20O2/c1-29-21-16-12-19(13-17-21)27-24-8-4-2-6-22(24)26(18-10-14-20(28)15-11-18)23-7-3-5-9-25(23)27/h2-17,28H,1H3. The molecule has 0 fully saturated rings. The first-order valence-corrected chi connectivity index (χ1v) is 9.63. The predicted octanol–water partition coefficient (Wildman–Crippen LogP) is 7.04. The first kappa shape index (κ1) is 17.3. The van der Waals surface area contributed by atoms with Gasteiger partial charge in [-0.1, -0.05) is 72.8 Å². The van der Waals surface area contributed by atoms with Crippen molar-refractivity contribution >= 4 is 21.5 Å². The fourth-order valence-corrected chi connectivity index (χ4v) is 4.14. The zero-order valence-corrected chi connectivity index (χ0v) is 16.1. The van der Waals surface area contributed by atoms with E-state index >= 15 is 0 Å². The van der Waals surface area contributed by atoms with Gasteiger partial charge in [0.2, 0.25) is 0 Å². The summed E-state index contributed by atoms with van der Waals surface area (Å²) in [7, 11) is 1.69. The van der Waals surface area contributed by atoms with Crippen molar-refractivity contribution < 1.29 is 9.84 Å². The second kappa shape index (κ2) is 6.99. The number of hydrogen-bond donors (Lipinski definition) is 1. The number of hydrogen-bond acceptors (Lipinski definition) is 2. The quantitative estimate of drug-likeness (QED) is 0.342. The summed E-state index contributed by atoms with van der Waals surface area (Å²) in [4.78, 5) is 0. The second-order valence-electron chi connectivity index (χ2n) is 7.12. The Morgan fingerprint density at radius 2 is 0.897 bits per heavy atom. The van der Waals surface area contributed by atoms with Gasteiger partial charge < -0.3 is 9.84 Å². The number of ether oxygens (including phenoxy) is 1. The van der Waals surface area contributed by atoms with Gasteiger partial charge >= 0.3 is 0 Å². The molecule has 0 aliphatic rings. The second-order valence-corrected chi connectivity index (χ2v) is 7.12. The summed E-state index contributed by atoms with van der Waals surface area (Å²) in [5.74, 6) is 1.13. The van der Waals surface area contributed by atoms with Crippen LogP contribution in [0.4, 0.5) is 0 Å². The number of fused-ring (bicyclic) bond motifs is 2. The normalized spacial score (nSPS) is 11.1. The highest BCUT2D eigenvalue weighted by molar-refractivity contribution is 6.21. The molecule has 0 aliphatic heterocycles. The molecule has 0 radical (unpaired) electrons. The van der Waals surface area contributed by atoms with Crippen LogP contribution in [0.5, 0.6) is 11.5 Å². The average Bonchev–Trinajstić information content (AvgIpc) is 2.78. The molecule has 0 atom stereocenters.